The number of fused-ring (bicyclic) bond motifs is 1. The van der Waals surface area contributed by atoms with Gasteiger partial charge < -0.3 is 16.2 Å². The molecule has 1 amide bonds. The lowest BCUT2D eigenvalue weighted by Crippen LogP contribution is -2.60. The van der Waals surface area contributed by atoms with Crippen molar-refractivity contribution in [3.05, 3.63) is 78.4 Å². The average molecular weight is 426 g/mol. The number of aliphatic carboxylic acids is 1. The number of hydrogen-bond donors (Lipinski definition) is 3. The summed E-state index contributed by atoms with van der Waals surface area (Å²) >= 11 is 0. The van der Waals surface area contributed by atoms with Gasteiger partial charge in [0, 0.05) is 11.9 Å². The van der Waals surface area contributed by atoms with Gasteiger partial charge in [-0.05, 0) is 23.4 Å². The molecule has 4 N–H and O–H groups in total. The molecule has 3 rings (SSSR count). The first-order valence-corrected chi connectivity index (χ1v) is 10.8. The topological polar surface area (TPSA) is 127 Å². The van der Waals surface area contributed by atoms with Crippen molar-refractivity contribution in [2.75, 3.05) is 6.54 Å². The molecule has 156 valence electrons. The molecule has 0 fully saturated rings. The van der Waals surface area contributed by atoms with E-state index in [1.807, 2.05) is 30.3 Å². The van der Waals surface area contributed by atoms with Crippen molar-refractivity contribution in [2.24, 2.45) is 5.73 Å². The van der Waals surface area contributed by atoms with Crippen molar-refractivity contribution in [3.8, 4) is 0 Å². The first kappa shape index (κ1) is 21.5. The second-order valence-corrected chi connectivity index (χ2v) is 9.11. The lowest BCUT2D eigenvalue weighted by molar-refractivity contribution is -0.140. The molecule has 30 heavy (non-hydrogen) atoms. The fraction of sp³-hybridized carbons (Fsp3) is 0.182. The first-order valence-electron chi connectivity index (χ1n) is 9.31. The summed E-state index contributed by atoms with van der Waals surface area (Å²) in [4.78, 5) is 21.5. The molecule has 0 saturated heterocycles. The zero-order chi connectivity index (χ0) is 21.8. The van der Waals surface area contributed by atoms with Crippen LogP contribution in [0.3, 0.4) is 0 Å². The minimum atomic E-state index is -4.53. The van der Waals surface area contributed by atoms with E-state index in [1.165, 1.54) is 12.1 Å². The van der Waals surface area contributed by atoms with Crippen LogP contribution in [0, 0.1) is 0 Å². The summed E-state index contributed by atoms with van der Waals surface area (Å²) in [5.41, 5.74) is 6.98. The van der Waals surface area contributed by atoms with Crippen LogP contribution >= 0.6 is 0 Å². The SMILES string of the molecule is N[C@](CC(=O)O)(C(=O)NCCc1ccccc1)S(=O)(=O)c1cccc2ccccc12. The Kier molecular flexibility index (Phi) is 6.19. The van der Waals surface area contributed by atoms with Gasteiger partial charge in [-0.2, -0.15) is 0 Å². The van der Waals surface area contributed by atoms with E-state index in [2.05, 4.69) is 5.32 Å². The zero-order valence-electron chi connectivity index (χ0n) is 16.1. The molecular formula is C22H22N2O5S. The van der Waals surface area contributed by atoms with Gasteiger partial charge in [0.1, 0.15) is 0 Å². The highest BCUT2D eigenvalue weighted by atomic mass is 32.2. The number of carbonyl (C=O) groups excluding carboxylic acids is 1. The number of amides is 1. The summed E-state index contributed by atoms with van der Waals surface area (Å²) in [6.07, 6.45) is -0.611. The number of hydrogen-bond acceptors (Lipinski definition) is 5. The van der Waals surface area contributed by atoms with Gasteiger partial charge in [0.15, 0.2) is 0 Å². The molecular weight excluding hydrogens is 404 g/mol. The van der Waals surface area contributed by atoms with Gasteiger partial charge in [0.25, 0.3) is 5.91 Å². The summed E-state index contributed by atoms with van der Waals surface area (Å²) in [6, 6.07) is 20.6. The monoisotopic (exact) mass is 426 g/mol. The Bertz CT molecular complexity index is 1170. The molecule has 0 aliphatic heterocycles. The lowest BCUT2D eigenvalue weighted by atomic mass is 10.1. The smallest absolute Gasteiger partial charge is 0.306 e. The van der Waals surface area contributed by atoms with Crippen LogP contribution in [0.5, 0.6) is 0 Å². The molecule has 8 heteroatoms. The summed E-state index contributed by atoms with van der Waals surface area (Å²) < 4.78 is 26.9. The fourth-order valence-electron chi connectivity index (χ4n) is 3.26. The van der Waals surface area contributed by atoms with E-state index in [0.29, 0.717) is 17.2 Å². The highest BCUT2D eigenvalue weighted by molar-refractivity contribution is 7.93. The maximum atomic E-state index is 13.4. The van der Waals surface area contributed by atoms with E-state index in [9.17, 15) is 23.1 Å². The van der Waals surface area contributed by atoms with Crippen molar-refractivity contribution in [2.45, 2.75) is 22.6 Å². The minimum Gasteiger partial charge on any atom is -0.481 e. The van der Waals surface area contributed by atoms with Gasteiger partial charge in [-0.25, -0.2) is 8.42 Å². The molecule has 3 aromatic rings. The molecule has 7 nitrogen and oxygen atoms in total. The van der Waals surface area contributed by atoms with E-state index < -0.39 is 33.0 Å². The predicted molar refractivity (Wildman–Crippen MR) is 113 cm³/mol. The molecule has 0 aliphatic carbocycles. The Morgan fingerprint density at radius 1 is 0.933 bits per heavy atom. The quantitative estimate of drug-likeness (QED) is 0.506. The lowest BCUT2D eigenvalue weighted by Gasteiger charge is -2.27. The standard InChI is InChI=1S/C22H22N2O5S/c23-22(15-20(25)26,21(27)24-14-13-16-7-2-1-3-8-16)30(28,29)19-12-6-10-17-9-4-5-11-18(17)19/h1-12H,13-15,23H2,(H,24,27)(H,25,26)/t22-/m0/s1. The average Bonchev–Trinajstić information content (AvgIpc) is 2.73. The predicted octanol–water partition coefficient (Wildman–Crippen LogP) is 2.10. The Morgan fingerprint density at radius 2 is 1.57 bits per heavy atom. The Hall–Kier alpha value is -3.23. The second-order valence-electron chi connectivity index (χ2n) is 6.93. The maximum Gasteiger partial charge on any atom is 0.306 e. The number of sulfone groups is 1. The summed E-state index contributed by atoms with van der Waals surface area (Å²) in [6.45, 7) is 0.118. The minimum absolute atomic E-state index is 0.118. The molecule has 0 bridgehead atoms. The number of rotatable bonds is 8. The molecule has 0 saturated carbocycles. The molecule has 0 radical (unpaired) electrons. The van der Waals surface area contributed by atoms with Crippen LogP contribution in [0.1, 0.15) is 12.0 Å². The largest absolute Gasteiger partial charge is 0.481 e. The number of nitrogens with two attached hydrogens (primary N) is 1. The molecule has 0 aliphatic rings. The van der Waals surface area contributed by atoms with E-state index in [-0.39, 0.29) is 11.4 Å². The van der Waals surface area contributed by atoms with Gasteiger partial charge in [-0.15, -0.1) is 0 Å². The maximum absolute atomic E-state index is 13.4. The third-order valence-corrected chi connectivity index (χ3v) is 7.08. The second kappa shape index (κ2) is 8.64. The Morgan fingerprint density at radius 3 is 2.27 bits per heavy atom. The van der Waals surface area contributed by atoms with Gasteiger partial charge in [0.2, 0.25) is 14.7 Å². The number of carboxylic acids is 1. The van der Waals surface area contributed by atoms with Gasteiger partial charge >= 0.3 is 5.97 Å². The number of benzene rings is 3. The summed E-state index contributed by atoms with van der Waals surface area (Å²) in [5.74, 6) is -2.53. The molecule has 0 spiro atoms. The van der Waals surface area contributed by atoms with Crippen LogP contribution in [0.15, 0.2) is 77.7 Å². The van der Waals surface area contributed by atoms with E-state index in [0.717, 1.165) is 5.56 Å². The summed E-state index contributed by atoms with van der Waals surface area (Å²) in [5, 5.41) is 12.8. The van der Waals surface area contributed by atoms with E-state index in [1.54, 1.807) is 30.3 Å². The van der Waals surface area contributed by atoms with Crippen molar-refractivity contribution < 1.29 is 23.1 Å². The van der Waals surface area contributed by atoms with Crippen LogP contribution in [0.25, 0.3) is 10.8 Å². The van der Waals surface area contributed by atoms with Crippen molar-refractivity contribution in [1.82, 2.24) is 5.32 Å². The number of carboxylic acid groups (broad SMARTS) is 1. The third kappa shape index (κ3) is 4.19. The zero-order valence-corrected chi connectivity index (χ0v) is 16.9. The Balaban J connectivity index is 1.94. The van der Waals surface area contributed by atoms with Crippen LogP contribution in [0.2, 0.25) is 0 Å². The number of nitrogens with one attached hydrogen (secondary N) is 1. The van der Waals surface area contributed by atoms with Crippen LogP contribution < -0.4 is 11.1 Å². The molecule has 0 aromatic heterocycles. The van der Waals surface area contributed by atoms with Crippen molar-refractivity contribution in [3.63, 3.8) is 0 Å². The van der Waals surface area contributed by atoms with Crippen LogP contribution in [0.4, 0.5) is 0 Å². The van der Waals surface area contributed by atoms with Gasteiger partial charge in [-0.1, -0.05) is 66.7 Å². The summed E-state index contributed by atoms with van der Waals surface area (Å²) in [7, 11) is -4.53. The third-order valence-electron chi connectivity index (χ3n) is 4.86. The highest BCUT2D eigenvalue weighted by Crippen LogP contribution is 2.31. The highest BCUT2D eigenvalue weighted by Gasteiger charge is 2.50. The van der Waals surface area contributed by atoms with Crippen molar-refractivity contribution >= 4 is 32.5 Å². The fourth-order valence-corrected chi connectivity index (χ4v) is 5.02. The Labute approximate surface area is 174 Å². The molecule has 0 unspecified atom stereocenters. The molecule has 0 heterocycles. The normalized spacial score (nSPS) is 13.5. The first-order chi connectivity index (χ1) is 14.3. The van der Waals surface area contributed by atoms with Crippen LogP contribution in [-0.2, 0) is 25.8 Å². The molecule has 1 atom stereocenters. The van der Waals surface area contributed by atoms with Gasteiger partial charge in [0.05, 0.1) is 11.3 Å². The van der Waals surface area contributed by atoms with Crippen molar-refractivity contribution in [1.29, 1.82) is 0 Å². The molecule has 3 aromatic carbocycles. The van der Waals surface area contributed by atoms with Gasteiger partial charge in [-0.3, -0.25) is 9.59 Å². The van der Waals surface area contributed by atoms with E-state index in [4.69, 9.17) is 5.73 Å². The number of carbonyl (C=O) groups is 2. The van der Waals surface area contributed by atoms with E-state index >= 15 is 0 Å². The van der Waals surface area contributed by atoms with Crippen LogP contribution in [-0.4, -0.2) is 36.8 Å².